The number of esters is 1. The van der Waals surface area contributed by atoms with Gasteiger partial charge in [0.25, 0.3) is 5.56 Å². The molecule has 4 rings (SSSR count). The standard InChI is InChI=1S/C24H20N2O4/c1-17-12-13-26-21(14-17)25-20(15-22(26)27)16-30-23(28)24(29,18-8-4-2-5-9-18)19-10-6-3-7-11-19/h2-15,29H,16H2,1H3. The lowest BCUT2D eigenvalue weighted by atomic mass is 9.86. The first-order valence-corrected chi connectivity index (χ1v) is 9.48. The van der Waals surface area contributed by atoms with Crippen LogP contribution in [0.15, 0.2) is 89.9 Å². The van der Waals surface area contributed by atoms with Crippen LogP contribution in [-0.4, -0.2) is 20.5 Å². The van der Waals surface area contributed by atoms with E-state index in [4.69, 9.17) is 4.74 Å². The van der Waals surface area contributed by atoms with E-state index in [-0.39, 0.29) is 12.2 Å². The Morgan fingerprint density at radius 1 is 1.00 bits per heavy atom. The van der Waals surface area contributed by atoms with Gasteiger partial charge in [-0.2, -0.15) is 0 Å². The zero-order valence-corrected chi connectivity index (χ0v) is 16.4. The number of nitrogens with zero attached hydrogens (tertiary/aromatic N) is 2. The summed E-state index contributed by atoms with van der Waals surface area (Å²) in [5.41, 5.74) is 0.264. The van der Waals surface area contributed by atoms with Crippen molar-refractivity contribution in [2.45, 2.75) is 19.1 Å². The van der Waals surface area contributed by atoms with Crippen molar-refractivity contribution in [1.82, 2.24) is 9.38 Å². The molecule has 0 aliphatic rings. The van der Waals surface area contributed by atoms with Gasteiger partial charge in [0.05, 0.1) is 5.69 Å². The third kappa shape index (κ3) is 3.60. The number of aliphatic hydroxyl groups is 1. The number of carbonyl (C=O) groups excluding carboxylic acids is 1. The lowest BCUT2D eigenvalue weighted by molar-refractivity contribution is -0.163. The molecule has 0 spiro atoms. The van der Waals surface area contributed by atoms with Crippen LogP contribution in [0, 0.1) is 6.92 Å². The first-order valence-electron chi connectivity index (χ1n) is 9.48. The number of pyridine rings is 1. The SMILES string of the molecule is Cc1ccn2c(=O)cc(COC(=O)C(O)(c3ccccc3)c3ccccc3)nc2c1. The molecule has 6 nitrogen and oxygen atoms in total. The van der Waals surface area contributed by atoms with Crippen LogP contribution in [0.4, 0.5) is 0 Å². The van der Waals surface area contributed by atoms with Crippen molar-refractivity contribution in [2.24, 2.45) is 0 Å². The lowest BCUT2D eigenvalue weighted by Gasteiger charge is -2.27. The van der Waals surface area contributed by atoms with Crippen LogP contribution in [0.2, 0.25) is 0 Å². The summed E-state index contributed by atoms with van der Waals surface area (Å²) in [7, 11) is 0. The van der Waals surface area contributed by atoms with Crippen LogP contribution in [0.1, 0.15) is 22.4 Å². The Labute approximate surface area is 173 Å². The molecule has 4 aromatic rings. The predicted molar refractivity (Wildman–Crippen MR) is 112 cm³/mol. The van der Waals surface area contributed by atoms with E-state index in [2.05, 4.69) is 4.98 Å². The van der Waals surface area contributed by atoms with Crippen LogP contribution in [0.5, 0.6) is 0 Å². The molecule has 1 N–H and O–H groups in total. The molecule has 2 aromatic carbocycles. The number of hydrogen-bond acceptors (Lipinski definition) is 5. The van der Waals surface area contributed by atoms with Crippen LogP contribution < -0.4 is 5.56 Å². The fourth-order valence-corrected chi connectivity index (χ4v) is 3.33. The molecule has 0 saturated heterocycles. The molecular formula is C24H20N2O4. The van der Waals surface area contributed by atoms with Gasteiger partial charge < -0.3 is 9.84 Å². The highest BCUT2D eigenvalue weighted by Gasteiger charge is 2.41. The molecule has 0 atom stereocenters. The van der Waals surface area contributed by atoms with Crippen molar-refractivity contribution < 1.29 is 14.6 Å². The molecule has 0 saturated carbocycles. The first-order chi connectivity index (χ1) is 14.5. The minimum atomic E-state index is -1.98. The summed E-state index contributed by atoms with van der Waals surface area (Å²) in [4.78, 5) is 29.8. The largest absolute Gasteiger partial charge is 0.457 e. The quantitative estimate of drug-likeness (QED) is 0.521. The van der Waals surface area contributed by atoms with Gasteiger partial charge >= 0.3 is 5.97 Å². The van der Waals surface area contributed by atoms with E-state index in [0.717, 1.165) is 5.56 Å². The number of benzene rings is 2. The molecule has 6 heteroatoms. The van der Waals surface area contributed by atoms with Gasteiger partial charge in [-0.15, -0.1) is 0 Å². The number of rotatable bonds is 5. The van der Waals surface area contributed by atoms with Gasteiger partial charge in [0.2, 0.25) is 5.60 Å². The summed E-state index contributed by atoms with van der Waals surface area (Å²) < 4.78 is 6.86. The summed E-state index contributed by atoms with van der Waals surface area (Å²) in [6.45, 7) is 1.67. The molecule has 0 amide bonds. The first kappa shape index (κ1) is 19.5. The summed E-state index contributed by atoms with van der Waals surface area (Å²) in [5, 5.41) is 11.4. The van der Waals surface area contributed by atoms with Gasteiger partial charge in [-0.25, -0.2) is 9.78 Å². The van der Waals surface area contributed by atoms with Crippen molar-refractivity contribution >= 4 is 11.6 Å². The number of fused-ring (bicyclic) bond motifs is 1. The number of ether oxygens (including phenoxy) is 1. The Morgan fingerprint density at radius 2 is 1.60 bits per heavy atom. The van der Waals surface area contributed by atoms with E-state index in [1.807, 2.05) is 13.0 Å². The summed E-state index contributed by atoms with van der Waals surface area (Å²) in [5.74, 6) is -0.842. The van der Waals surface area contributed by atoms with Crippen molar-refractivity contribution in [2.75, 3.05) is 0 Å². The predicted octanol–water partition coefficient (Wildman–Crippen LogP) is 2.98. The number of carbonyl (C=O) groups is 1. The molecule has 150 valence electrons. The average molecular weight is 400 g/mol. The zero-order valence-electron chi connectivity index (χ0n) is 16.4. The molecular weight excluding hydrogens is 380 g/mol. The highest BCUT2D eigenvalue weighted by atomic mass is 16.5. The highest BCUT2D eigenvalue weighted by molar-refractivity contribution is 5.85. The van der Waals surface area contributed by atoms with Gasteiger partial charge in [-0.1, -0.05) is 60.7 Å². The van der Waals surface area contributed by atoms with Crippen LogP contribution in [0.3, 0.4) is 0 Å². The molecule has 30 heavy (non-hydrogen) atoms. The maximum Gasteiger partial charge on any atom is 0.348 e. The average Bonchev–Trinajstić information content (AvgIpc) is 2.77. The monoisotopic (exact) mass is 400 g/mol. The minimum absolute atomic E-state index is 0.236. The second-order valence-electron chi connectivity index (χ2n) is 7.04. The van der Waals surface area contributed by atoms with E-state index >= 15 is 0 Å². The van der Waals surface area contributed by atoms with Gasteiger partial charge in [-0.05, 0) is 35.7 Å². The van der Waals surface area contributed by atoms with E-state index in [9.17, 15) is 14.7 Å². The maximum absolute atomic E-state index is 13.1. The molecule has 0 aliphatic heterocycles. The Bertz CT molecular complexity index is 1210. The third-order valence-corrected chi connectivity index (χ3v) is 4.91. The van der Waals surface area contributed by atoms with E-state index in [1.54, 1.807) is 72.9 Å². The number of aryl methyl sites for hydroxylation is 1. The lowest BCUT2D eigenvalue weighted by Crippen LogP contribution is -2.38. The normalized spacial score (nSPS) is 11.4. The third-order valence-electron chi connectivity index (χ3n) is 4.91. The highest BCUT2D eigenvalue weighted by Crippen LogP contribution is 2.31. The molecule has 0 bridgehead atoms. The van der Waals surface area contributed by atoms with Crippen molar-refractivity contribution in [3.8, 4) is 0 Å². The Morgan fingerprint density at radius 3 is 2.20 bits per heavy atom. The smallest absolute Gasteiger partial charge is 0.348 e. The second kappa shape index (κ2) is 7.93. The molecule has 0 fully saturated rings. The molecule has 2 heterocycles. The van der Waals surface area contributed by atoms with E-state index in [0.29, 0.717) is 22.5 Å². The number of hydrogen-bond donors (Lipinski definition) is 1. The van der Waals surface area contributed by atoms with Crippen molar-refractivity contribution in [3.05, 3.63) is 118 Å². The Balaban J connectivity index is 1.66. The maximum atomic E-state index is 13.1. The Hall–Kier alpha value is -3.77. The van der Waals surface area contributed by atoms with Crippen LogP contribution in [-0.2, 0) is 21.7 Å². The van der Waals surface area contributed by atoms with Gasteiger partial charge in [-0.3, -0.25) is 9.20 Å². The Kier molecular flexibility index (Phi) is 5.16. The van der Waals surface area contributed by atoms with Crippen molar-refractivity contribution in [1.29, 1.82) is 0 Å². The molecule has 0 unspecified atom stereocenters. The van der Waals surface area contributed by atoms with Gasteiger partial charge in [0.15, 0.2) is 0 Å². The van der Waals surface area contributed by atoms with Gasteiger partial charge in [0, 0.05) is 12.3 Å². The molecule has 0 aliphatic carbocycles. The van der Waals surface area contributed by atoms with Crippen LogP contribution in [0.25, 0.3) is 5.65 Å². The van der Waals surface area contributed by atoms with Gasteiger partial charge in [0.1, 0.15) is 12.3 Å². The summed E-state index contributed by atoms with van der Waals surface area (Å²) in [6.07, 6.45) is 1.65. The topological polar surface area (TPSA) is 80.9 Å². The van der Waals surface area contributed by atoms with Crippen molar-refractivity contribution in [3.63, 3.8) is 0 Å². The summed E-state index contributed by atoms with van der Waals surface area (Å²) in [6, 6.07) is 22.1. The number of aromatic nitrogens is 2. The zero-order chi connectivity index (χ0) is 21.1. The molecule has 2 aromatic heterocycles. The fraction of sp³-hybridized carbons (Fsp3) is 0.125. The second-order valence-corrected chi connectivity index (χ2v) is 7.04. The summed E-state index contributed by atoms with van der Waals surface area (Å²) >= 11 is 0. The molecule has 0 radical (unpaired) electrons. The fourth-order valence-electron chi connectivity index (χ4n) is 3.33. The van der Waals surface area contributed by atoms with E-state index in [1.165, 1.54) is 10.5 Å². The van der Waals surface area contributed by atoms with E-state index < -0.39 is 11.6 Å². The van der Waals surface area contributed by atoms with Crippen LogP contribution >= 0.6 is 0 Å². The minimum Gasteiger partial charge on any atom is -0.457 e.